The van der Waals surface area contributed by atoms with Gasteiger partial charge in [0.15, 0.2) is 11.6 Å². The summed E-state index contributed by atoms with van der Waals surface area (Å²) in [5.74, 6) is -1.75. The first-order chi connectivity index (χ1) is 14.6. The van der Waals surface area contributed by atoms with Crippen LogP contribution in [0.2, 0.25) is 0 Å². The van der Waals surface area contributed by atoms with E-state index in [0.29, 0.717) is 25.7 Å². The lowest BCUT2D eigenvalue weighted by atomic mass is 9.42. The normalized spacial score (nSPS) is 45.2. The van der Waals surface area contributed by atoms with Crippen LogP contribution in [0.4, 0.5) is 0 Å². The van der Waals surface area contributed by atoms with Crippen LogP contribution in [0.3, 0.4) is 0 Å². The lowest BCUT2D eigenvalue weighted by molar-refractivity contribution is -0.180. The summed E-state index contributed by atoms with van der Waals surface area (Å²) in [6.07, 6.45) is 5.93. The monoisotopic (exact) mass is 432 g/mol. The molecule has 3 saturated carbocycles. The van der Waals surface area contributed by atoms with E-state index in [0.717, 1.165) is 31.3 Å². The molecule has 0 aromatic rings. The van der Waals surface area contributed by atoms with Crippen molar-refractivity contribution in [3.63, 3.8) is 0 Å². The van der Waals surface area contributed by atoms with Gasteiger partial charge >= 0.3 is 5.97 Å². The number of aliphatic hydroxyl groups excluding tert-OH is 2. The Bertz CT molecular complexity index is 832. The molecule has 0 saturated heterocycles. The Kier molecular flexibility index (Phi) is 5.49. The lowest BCUT2D eigenvalue weighted by Gasteiger charge is -2.61. The second kappa shape index (κ2) is 7.51. The van der Waals surface area contributed by atoms with E-state index in [1.807, 2.05) is 6.92 Å². The first-order valence-electron chi connectivity index (χ1n) is 11.9. The van der Waals surface area contributed by atoms with Gasteiger partial charge < -0.3 is 15.3 Å². The fourth-order valence-electron chi connectivity index (χ4n) is 8.85. The number of rotatable bonds is 5. The van der Waals surface area contributed by atoms with Gasteiger partial charge in [-0.25, -0.2) is 0 Å². The van der Waals surface area contributed by atoms with Gasteiger partial charge in [-0.15, -0.1) is 0 Å². The SMILES string of the molecule is CCC(C(=O)O)C1(C(=O)CO)CCC2C3CCC4=CC(=O)CCC4(C)C3C(O)CC21C. The second-order valence-corrected chi connectivity index (χ2v) is 11.0. The third-order valence-electron chi connectivity index (χ3n) is 10.1. The zero-order valence-corrected chi connectivity index (χ0v) is 18.9. The summed E-state index contributed by atoms with van der Waals surface area (Å²) in [5.41, 5.74) is -0.895. The van der Waals surface area contributed by atoms with Gasteiger partial charge in [0.25, 0.3) is 0 Å². The van der Waals surface area contributed by atoms with E-state index < -0.39 is 35.4 Å². The standard InChI is InChI=1S/C25H36O6/c1-4-17(22(30)31)25(20(29)13-26)10-8-18-16-6-5-14-11-15(27)7-9-23(14,2)21(16)19(28)12-24(18,25)3/h11,16-19,21,26,28H,4-10,12-13H2,1-3H3,(H,30,31). The highest BCUT2D eigenvalue weighted by Crippen LogP contribution is 2.71. The van der Waals surface area contributed by atoms with Gasteiger partial charge in [0, 0.05) is 6.42 Å². The number of carbonyl (C=O) groups excluding carboxylic acids is 2. The summed E-state index contributed by atoms with van der Waals surface area (Å²) in [4.78, 5) is 37.6. The predicted octanol–water partition coefficient (Wildman–Crippen LogP) is 3.15. The van der Waals surface area contributed by atoms with Crippen LogP contribution >= 0.6 is 0 Å². The Balaban J connectivity index is 1.80. The first kappa shape index (κ1) is 22.7. The minimum absolute atomic E-state index is 0.0172. The molecular weight excluding hydrogens is 396 g/mol. The number of allylic oxidation sites excluding steroid dienone is 1. The smallest absolute Gasteiger partial charge is 0.307 e. The molecule has 4 aliphatic rings. The minimum atomic E-state index is -1.15. The summed E-state index contributed by atoms with van der Waals surface area (Å²) in [5, 5.41) is 31.4. The van der Waals surface area contributed by atoms with Crippen molar-refractivity contribution in [3.8, 4) is 0 Å². The summed E-state index contributed by atoms with van der Waals surface area (Å²) < 4.78 is 0. The number of carboxylic acid groups (broad SMARTS) is 1. The molecule has 0 radical (unpaired) electrons. The Labute approximate surface area is 184 Å². The van der Waals surface area contributed by atoms with Crippen LogP contribution in [0.15, 0.2) is 11.6 Å². The summed E-state index contributed by atoms with van der Waals surface area (Å²) in [6.45, 7) is 5.31. The van der Waals surface area contributed by atoms with Crippen molar-refractivity contribution >= 4 is 17.5 Å². The summed E-state index contributed by atoms with van der Waals surface area (Å²) >= 11 is 0. The number of hydrogen-bond acceptors (Lipinski definition) is 5. The van der Waals surface area contributed by atoms with Gasteiger partial charge in [-0.2, -0.15) is 0 Å². The number of carboxylic acids is 1. The van der Waals surface area contributed by atoms with E-state index in [-0.39, 0.29) is 34.7 Å². The largest absolute Gasteiger partial charge is 0.481 e. The van der Waals surface area contributed by atoms with Crippen LogP contribution in [0.5, 0.6) is 0 Å². The van der Waals surface area contributed by atoms with E-state index in [4.69, 9.17) is 0 Å². The molecular formula is C25H36O6. The second-order valence-electron chi connectivity index (χ2n) is 11.0. The van der Waals surface area contributed by atoms with Crippen LogP contribution < -0.4 is 0 Å². The molecule has 0 aliphatic heterocycles. The lowest BCUT2D eigenvalue weighted by Crippen LogP contribution is -2.61. The van der Waals surface area contributed by atoms with Crippen molar-refractivity contribution in [3.05, 3.63) is 11.6 Å². The molecule has 31 heavy (non-hydrogen) atoms. The average molecular weight is 433 g/mol. The van der Waals surface area contributed by atoms with E-state index >= 15 is 0 Å². The van der Waals surface area contributed by atoms with Crippen LogP contribution in [0, 0.1) is 39.9 Å². The highest BCUT2D eigenvalue weighted by atomic mass is 16.4. The number of hydrogen-bond donors (Lipinski definition) is 3. The third kappa shape index (κ3) is 2.86. The molecule has 8 unspecified atom stereocenters. The van der Waals surface area contributed by atoms with Crippen molar-refractivity contribution in [2.24, 2.45) is 39.9 Å². The molecule has 4 rings (SSSR count). The zero-order valence-electron chi connectivity index (χ0n) is 18.9. The number of Topliss-reactive ketones (excluding diaryl/α,β-unsaturated/α-hetero) is 1. The number of ketones is 2. The van der Waals surface area contributed by atoms with Gasteiger partial charge in [-0.1, -0.05) is 26.3 Å². The van der Waals surface area contributed by atoms with E-state index in [1.165, 1.54) is 0 Å². The molecule has 3 fully saturated rings. The third-order valence-corrected chi connectivity index (χ3v) is 10.1. The maximum absolute atomic E-state index is 13.3. The van der Waals surface area contributed by atoms with Crippen molar-refractivity contribution in [2.75, 3.05) is 6.61 Å². The average Bonchev–Trinajstić information content (AvgIpc) is 3.01. The molecule has 4 aliphatic carbocycles. The first-order valence-corrected chi connectivity index (χ1v) is 11.9. The van der Waals surface area contributed by atoms with Gasteiger partial charge in [0.1, 0.15) is 6.61 Å². The molecule has 0 heterocycles. The van der Waals surface area contributed by atoms with Crippen LogP contribution in [-0.2, 0) is 14.4 Å². The molecule has 172 valence electrons. The van der Waals surface area contributed by atoms with Gasteiger partial charge in [-0.3, -0.25) is 14.4 Å². The predicted molar refractivity (Wildman–Crippen MR) is 114 cm³/mol. The van der Waals surface area contributed by atoms with Crippen molar-refractivity contribution in [2.45, 2.75) is 78.2 Å². The van der Waals surface area contributed by atoms with E-state index in [9.17, 15) is 29.7 Å². The van der Waals surface area contributed by atoms with Crippen molar-refractivity contribution < 1.29 is 29.7 Å². The van der Waals surface area contributed by atoms with E-state index in [1.54, 1.807) is 13.0 Å². The highest BCUT2D eigenvalue weighted by Gasteiger charge is 2.70. The maximum Gasteiger partial charge on any atom is 0.307 e. The fraction of sp³-hybridized carbons (Fsp3) is 0.800. The number of fused-ring (bicyclic) bond motifs is 5. The van der Waals surface area contributed by atoms with Gasteiger partial charge in [-0.05, 0) is 79.6 Å². The zero-order chi connectivity index (χ0) is 22.8. The summed E-state index contributed by atoms with van der Waals surface area (Å²) in [6, 6.07) is 0. The molecule has 3 N–H and O–H groups in total. The molecule has 0 bridgehead atoms. The van der Waals surface area contributed by atoms with Gasteiger partial charge in [0.05, 0.1) is 17.4 Å². The molecule has 0 aromatic carbocycles. The van der Waals surface area contributed by atoms with Crippen molar-refractivity contribution in [1.29, 1.82) is 0 Å². The molecule has 0 spiro atoms. The quantitative estimate of drug-likeness (QED) is 0.615. The molecule has 6 heteroatoms. The molecule has 6 nitrogen and oxygen atoms in total. The topological polar surface area (TPSA) is 112 Å². The van der Waals surface area contributed by atoms with Crippen LogP contribution in [-0.4, -0.2) is 45.6 Å². The van der Waals surface area contributed by atoms with E-state index in [2.05, 4.69) is 6.92 Å². The maximum atomic E-state index is 13.3. The number of aliphatic carboxylic acids is 1. The van der Waals surface area contributed by atoms with Crippen molar-refractivity contribution in [1.82, 2.24) is 0 Å². The fourth-order valence-corrected chi connectivity index (χ4v) is 8.85. The van der Waals surface area contributed by atoms with Crippen LogP contribution in [0.25, 0.3) is 0 Å². The number of carbonyl (C=O) groups is 3. The Morgan fingerprint density at radius 3 is 2.52 bits per heavy atom. The molecule has 0 aromatic heterocycles. The molecule has 8 atom stereocenters. The number of aliphatic hydroxyl groups is 2. The minimum Gasteiger partial charge on any atom is -0.481 e. The Morgan fingerprint density at radius 1 is 1.19 bits per heavy atom. The van der Waals surface area contributed by atoms with Gasteiger partial charge in [0.2, 0.25) is 0 Å². The van der Waals surface area contributed by atoms with Crippen LogP contribution in [0.1, 0.15) is 72.1 Å². The molecule has 0 amide bonds. The Hall–Kier alpha value is -1.53. The summed E-state index contributed by atoms with van der Waals surface area (Å²) in [7, 11) is 0. The Morgan fingerprint density at radius 2 is 1.90 bits per heavy atom. The highest BCUT2D eigenvalue weighted by molar-refractivity contribution is 5.92.